The van der Waals surface area contributed by atoms with Crippen molar-refractivity contribution in [2.45, 2.75) is 6.18 Å². The van der Waals surface area contributed by atoms with Crippen molar-refractivity contribution in [3.05, 3.63) is 52.7 Å². The van der Waals surface area contributed by atoms with E-state index in [1.54, 1.807) is 0 Å². The van der Waals surface area contributed by atoms with Gasteiger partial charge in [0.15, 0.2) is 0 Å². The first-order valence-electron chi connectivity index (χ1n) is 5.40. The van der Waals surface area contributed by atoms with Crippen LogP contribution in [0.4, 0.5) is 24.7 Å². The first-order valence-corrected chi connectivity index (χ1v) is 5.78. The predicted octanol–water partition coefficient (Wildman–Crippen LogP) is 4.37. The Balaban J connectivity index is 2.35. The molecule has 0 atom stereocenters. The van der Waals surface area contributed by atoms with Crippen LogP contribution in [0, 0.1) is 11.3 Å². The summed E-state index contributed by atoms with van der Waals surface area (Å²) in [7, 11) is 0. The third kappa shape index (κ3) is 3.19. The zero-order valence-electron chi connectivity index (χ0n) is 9.87. The molecular formula is C13H7ClF3N3. The molecule has 0 spiro atoms. The highest BCUT2D eigenvalue weighted by Gasteiger charge is 2.33. The molecule has 0 bridgehead atoms. The van der Waals surface area contributed by atoms with E-state index >= 15 is 0 Å². The second-order valence-electron chi connectivity index (χ2n) is 3.86. The number of hydrogen-bond acceptors (Lipinski definition) is 3. The van der Waals surface area contributed by atoms with E-state index in [2.05, 4.69) is 10.3 Å². The van der Waals surface area contributed by atoms with Crippen LogP contribution >= 0.6 is 11.6 Å². The summed E-state index contributed by atoms with van der Waals surface area (Å²) in [4.78, 5) is 3.86. The number of anilines is 2. The minimum atomic E-state index is -4.53. The van der Waals surface area contributed by atoms with Gasteiger partial charge >= 0.3 is 6.18 Å². The molecule has 2 aromatic rings. The normalized spacial score (nSPS) is 10.9. The van der Waals surface area contributed by atoms with Gasteiger partial charge in [-0.25, -0.2) is 4.98 Å². The van der Waals surface area contributed by atoms with Gasteiger partial charge in [0, 0.05) is 11.2 Å². The van der Waals surface area contributed by atoms with Crippen molar-refractivity contribution in [3.63, 3.8) is 0 Å². The number of benzene rings is 1. The van der Waals surface area contributed by atoms with E-state index < -0.39 is 11.7 Å². The molecule has 1 aromatic carbocycles. The fraction of sp³-hybridized carbons (Fsp3) is 0.0769. The average molecular weight is 298 g/mol. The van der Waals surface area contributed by atoms with E-state index in [1.807, 2.05) is 6.07 Å². The van der Waals surface area contributed by atoms with Gasteiger partial charge in [0.05, 0.1) is 16.8 Å². The summed E-state index contributed by atoms with van der Waals surface area (Å²) < 4.78 is 38.7. The molecule has 0 unspecified atom stereocenters. The molecule has 2 rings (SSSR count). The SMILES string of the molecule is N#Cc1ccc(Nc2ccc(Cl)cc2C(F)(F)F)nc1. The molecule has 1 heterocycles. The van der Waals surface area contributed by atoms with Crippen LogP contribution in [0.3, 0.4) is 0 Å². The van der Waals surface area contributed by atoms with Crippen LogP contribution in [0.25, 0.3) is 0 Å². The van der Waals surface area contributed by atoms with E-state index in [0.717, 1.165) is 6.07 Å². The number of alkyl halides is 3. The van der Waals surface area contributed by atoms with Gasteiger partial charge in [0.2, 0.25) is 0 Å². The summed E-state index contributed by atoms with van der Waals surface area (Å²) >= 11 is 5.59. The van der Waals surface area contributed by atoms with Crippen molar-refractivity contribution in [3.8, 4) is 6.07 Å². The van der Waals surface area contributed by atoms with Gasteiger partial charge in [-0.2, -0.15) is 18.4 Å². The smallest absolute Gasteiger partial charge is 0.340 e. The standard InChI is InChI=1S/C13H7ClF3N3/c14-9-2-3-11(10(5-9)13(15,16)17)20-12-4-1-8(6-18)7-19-12/h1-5,7H,(H,19,20). The van der Waals surface area contributed by atoms with Crippen molar-refractivity contribution in [1.29, 1.82) is 5.26 Å². The molecule has 0 aliphatic heterocycles. The van der Waals surface area contributed by atoms with Crippen LogP contribution in [0.5, 0.6) is 0 Å². The quantitative estimate of drug-likeness (QED) is 0.895. The van der Waals surface area contributed by atoms with Gasteiger partial charge in [-0.15, -0.1) is 0 Å². The number of pyridine rings is 1. The van der Waals surface area contributed by atoms with Gasteiger partial charge in [-0.1, -0.05) is 11.6 Å². The number of rotatable bonds is 2. The average Bonchev–Trinajstić information content (AvgIpc) is 2.40. The maximum Gasteiger partial charge on any atom is 0.418 e. The monoisotopic (exact) mass is 297 g/mol. The number of nitriles is 1. The number of nitrogens with one attached hydrogen (secondary N) is 1. The Bertz CT molecular complexity index is 660. The topological polar surface area (TPSA) is 48.7 Å². The van der Waals surface area contributed by atoms with E-state index in [-0.39, 0.29) is 16.5 Å². The maximum atomic E-state index is 12.9. The summed E-state index contributed by atoms with van der Waals surface area (Å²) in [5, 5.41) is 11.2. The molecule has 0 radical (unpaired) electrons. The lowest BCUT2D eigenvalue weighted by molar-refractivity contribution is -0.136. The number of aromatic nitrogens is 1. The number of halogens is 4. The summed E-state index contributed by atoms with van der Waals surface area (Å²) in [6.07, 6.45) is -3.26. The molecule has 102 valence electrons. The molecule has 0 fully saturated rings. The largest absolute Gasteiger partial charge is 0.418 e. The van der Waals surface area contributed by atoms with E-state index in [0.29, 0.717) is 5.56 Å². The van der Waals surface area contributed by atoms with Crippen LogP contribution in [-0.2, 0) is 6.18 Å². The number of hydrogen-bond donors (Lipinski definition) is 1. The zero-order chi connectivity index (χ0) is 14.8. The van der Waals surface area contributed by atoms with Crippen LogP contribution < -0.4 is 5.32 Å². The van der Waals surface area contributed by atoms with Crippen molar-refractivity contribution in [2.24, 2.45) is 0 Å². The summed E-state index contributed by atoms with van der Waals surface area (Å²) in [5.41, 5.74) is -0.710. The Morgan fingerprint density at radius 3 is 2.50 bits per heavy atom. The van der Waals surface area contributed by atoms with Crippen molar-refractivity contribution >= 4 is 23.1 Å². The first kappa shape index (κ1) is 14.2. The maximum absolute atomic E-state index is 12.9. The molecule has 0 amide bonds. The zero-order valence-corrected chi connectivity index (χ0v) is 10.6. The Kier molecular flexibility index (Phi) is 3.81. The van der Waals surface area contributed by atoms with E-state index in [4.69, 9.17) is 16.9 Å². The Labute approximate surface area is 117 Å². The van der Waals surface area contributed by atoms with Gasteiger partial charge in [0.1, 0.15) is 11.9 Å². The molecule has 0 aliphatic carbocycles. The second kappa shape index (κ2) is 5.39. The van der Waals surface area contributed by atoms with Crippen LogP contribution in [0.2, 0.25) is 5.02 Å². The molecular weight excluding hydrogens is 291 g/mol. The molecule has 0 aliphatic rings. The molecule has 0 saturated carbocycles. The molecule has 7 heteroatoms. The highest BCUT2D eigenvalue weighted by molar-refractivity contribution is 6.30. The Morgan fingerprint density at radius 2 is 1.95 bits per heavy atom. The van der Waals surface area contributed by atoms with Crippen LogP contribution in [-0.4, -0.2) is 4.98 Å². The molecule has 1 N–H and O–H groups in total. The fourth-order valence-electron chi connectivity index (χ4n) is 1.53. The van der Waals surface area contributed by atoms with E-state index in [9.17, 15) is 13.2 Å². The Hall–Kier alpha value is -2.26. The van der Waals surface area contributed by atoms with Gasteiger partial charge in [0.25, 0.3) is 0 Å². The van der Waals surface area contributed by atoms with Crippen LogP contribution in [0.15, 0.2) is 36.5 Å². The minimum Gasteiger partial charge on any atom is -0.340 e. The van der Waals surface area contributed by atoms with Gasteiger partial charge in [-0.05, 0) is 30.3 Å². The van der Waals surface area contributed by atoms with E-state index in [1.165, 1.54) is 30.5 Å². The summed E-state index contributed by atoms with van der Waals surface area (Å²) in [5.74, 6) is 0.205. The van der Waals surface area contributed by atoms with Crippen molar-refractivity contribution in [1.82, 2.24) is 4.98 Å². The minimum absolute atomic E-state index is 0.00402. The molecule has 20 heavy (non-hydrogen) atoms. The summed E-state index contributed by atoms with van der Waals surface area (Å²) in [6, 6.07) is 8.17. The molecule has 3 nitrogen and oxygen atoms in total. The van der Waals surface area contributed by atoms with Crippen molar-refractivity contribution in [2.75, 3.05) is 5.32 Å². The molecule has 0 saturated heterocycles. The fourth-order valence-corrected chi connectivity index (χ4v) is 1.70. The lowest BCUT2D eigenvalue weighted by atomic mass is 10.1. The highest BCUT2D eigenvalue weighted by Crippen LogP contribution is 2.37. The first-order chi connectivity index (χ1) is 9.40. The lowest BCUT2D eigenvalue weighted by Crippen LogP contribution is -2.09. The Morgan fingerprint density at radius 1 is 1.20 bits per heavy atom. The second-order valence-corrected chi connectivity index (χ2v) is 4.29. The molecule has 1 aromatic heterocycles. The lowest BCUT2D eigenvalue weighted by Gasteiger charge is -2.14. The third-order valence-corrected chi connectivity index (χ3v) is 2.68. The predicted molar refractivity (Wildman–Crippen MR) is 68.7 cm³/mol. The third-order valence-electron chi connectivity index (χ3n) is 2.44. The van der Waals surface area contributed by atoms with Crippen LogP contribution in [0.1, 0.15) is 11.1 Å². The number of nitrogens with zero attached hydrogens (tertiary/aromatic N) is 2. The summed E-state index contributed by atoms with van der Waals surface area (Å²) in [6.45, 7) is 0. The van der Waals surface area contributed by atoms with Gasteiger partial charge < -0.3 is 5.32 Å². The van der Waals surface area contributed by atoms with Crippen molar-refractivity contribution < 1.29 is 13.2 Å². The highest BCUT2D eigenvalue weighted by atomic mass is 35.5. The van der Waals surface area contributed by atoms with Gasteiger partial charge in [-0.3, -0.25) is 0 Å².